The fourth-order valence-corrected chi connectivity index (χ4v) is 2.81. The smallest absolute Gasteiger partial charge is 0.106 e. The summed E-state index contributed by atoms with van der Waals surface area (Å²) >= 11 is 7.86. The molecule has 6 heteroatoms. The van der Waals surface area contributed by atoms with Crippen LogP contribution in [0.2, 0.25) is 0 Å². The first-order chi connectivity index (χ1) is 7.97. The van der Waals surface area contributed by atoms with Gasteiger partial charge in [-0.15, -0.1) is 0 Å². The average Bonchev–Trinajstić information content (AvgIpc) is 2.13. The van der Waals surface area contributed by atoms with E-state index in [0.29, 0.717) is 0 Å². The summed E-state index contributed by atoms with van der Waals surface area (Å²) in [5, 5.41) is 22.7. The highest BCUT2D eigenvalue weighted by molar-refractivity contribution is 8.02. The summed E-state index contributed by atoms with van der Waals surface area (Å²) in [6, 6.07) is 0. The molecule has 4 nitrogen and oxygen atoms in total. The number of hydrogen-bond donors (Lipinski definition) is 2. The zero-order valence-electron chi connectivity index (χ0n) is 11.1. The minimum absolute atomic E-state index is 0.0281. The SMILES string of the molecule is CC(C)CC(CC(C)C)(C(=O)[O-])C(S)(S)C(=O)[O-]. The number of hydrogen-bond acceptors (Lipinski definition) is 6. The summed E-state index contributed by atoms with van der Waals surface area (Å²) in [5.41, 5.74) is -1.67. The molecule has 0 bridgehead atoms. The largest absolute Gasteiger partial charge is 0.549 e. The molecule has 18 heavy (non-hydrogen) atoms. The van der Waals surface area contributed by atoms with Gasteiger partial charge in [0.25, 0.3) is 0 Å². The van der Waals surface area contributed by atoms with Gasteiger partial charge in [-0.1, -0.05) is 27.7 Å². The van der Waals surface area contributed by atoms with E-state index in [4.69, 9.17) is 0 Å². The Morgan fingerprint density at radius 3 is 1.44 bits per heavy atom. The average molecular weight is 292 g/mol. The van der Waals surface area contributed by atoms with E-state index < -0.39 is 21.4 Å². The standard InChI is InChI=1S/C12H22O4S2/c1-7(2)5-11(9(13)14,6-8(3)4)12(17,18)10(15)16/h7-8,17-18H,5-6H2,1-4H3,(H,13,14)(H,15,16)/p-2. The Morgan fingerprint density at radius 1 is 0.944 bits per heavy atom. The van der Waals surface area contributed by atoms with Gasteiger partial charge in [-0.2, -0.15) is 25.3 Å². The molecule has 0 radical (unpaired) electrons. The van der Waals surface area contributed by atoms with Crippen LogP contribution in [-0.4, -0.2) is 16.0 Å². The molecule has 0 aromatic rings. The van der Waals surface area contributed by atoms with E-state index in [2.05, 4.69) is 25.3 Å². The van der Waals surface area contributed by atoms with Crippen LogP contribution < -0.4 is 10.2 Å². The zero-order chi connectivity index (χ0) is 14.7. The third-order valence-electron chi connectivity index (χ3n) is 2.86. The molecule has 0 aromatic carbocycles. The van der Waals surface area contributed by atoms with Gasteiger partial charge in [0.1, 0.15) is 4.08 Å². The van der Waals surface area contributed by atoms with Crippen LogP contribution >= 0.6 is 25.3 Å². The molecular formula is C12H20O4S2-2. The molecule has 0 aromatic heterocycles. The lowest BCUT2D eigenvalue weighted by molar-refractivity contribution is -0.330. The van der Waals surface area contributed by atoms with Gasteiger partial charge in [-0.05, 0) is 24.7 Å². The first-order valence-corrected chi connectivity index (χ1v) is 6.74. The molecule has 0 aliphatic rings. The van der Waals surface area contributed by atoms with Crippen LogP contribution in [0.25, 0.3) is 0 Å². The molecule has 0 heterocycles. The first-order valence-electron chi connectivity index (χ1n) is 5.85. The van der Waals surface area contributed by atoms with Crippen molar-refractivity contribution in [2.45, 2.75) is 44.6 Å². The Morgan fingerprint density at radius 2 is 1.28 bits per heavy atom. The van der Waals surface area contributed by atoms with Crippen LogP contribution in [0.1, 0.15) is 40.5 Å². The number of rotatable bonds is 7. The molecule has 106 valence electrons. The highest BCUT2D eigenvalue weighted by Crippen LogP contribution is 2.48. The highest BCUT2D eigenvalue weighted by atomic mass is 32.2. The van der Waals surface area contributed by atoms with Crippen molar-refractivity contribution in [3.8, 4) is 0 Å². The summed E-state index contributed by atoms with van der Waals surface area (Å²) in [7, 11) is 0. The van der Waals surface area contributed by atoms with Gasteiger partial charge in [0.05, 0.1) is 11.9 Å². The third-order valence-corrected chi connectivity index (χ3v) is 4.08. The number of carboxylic acids is 2. The quantitative estimate of drug-likeness (QED) is 0.516. The maximum absolute atomic E-state index is 11.5. The summed E-state index contributed by atoms with van der Waals surface area (Å²) in [5.74, 6) is -3.11. The number of carbonyl (C=O) groups is 2. The molecule has 0 atom stereocenters. The van der Waals surface area contributed by atoms with E-state index in [1.165, 1.54) is 0 Å². The number of aliphatic carboxylic acids is 2. The highest BCUT2D eigenvalue weighted by Gasteiger charge is 2.49. The van der Waals surface area contributed by atoms with E-state index in [1.54, 1.807) is 0 Å². The Kier molecular flexibility index (Phi) is 6.07. The predicted octanol–water partition coefficient (Wildman–Crippen LogP) is 0.121. The number of thiol groups is 2. The van der Waals surface area contributed by atoms with Gasteiger partial charge in [0.15, 0.2) is 0 Å². The summed E-state index contributed by atoms with van der Waals surface area (Å²) in [4.78, 5) is 22.7. The van der Waals surface area contributed by atoms with E-state index in [1.807, 2.05) is 27.7 Å². The molecular weight excluding hydrogens is 272 g/mol. The monoisotopic (exact) mass is 292 g/mol. The van der Waals surface area contributed by atoms with Gasteiger partial charge in [-0.3, -0.25) is 0 Å². The minimum Gasteiger partial charge on any atom is -0.549 e. The molecule has 0 amide bonds. The Labute approximate surface area is 119 Å². The van der Waals surface area contributed by atoms with Gasteiger partial charge in [0, 0.05) is 5.41 Å². The van der Waals surface area contributed by atoms with Crippen molar-refractivity contribution in [2.24, 2.45) is 17.3 Å². The van der Waals surface area contributed by atoms with Crippen molar-refractivity contribution in [3.05, 3.63) is 0 Å². The molecule has 0 rings (SSSR count). The van der Waals surface area contributed by atoms with Crippen LogP contribution in [0.3, 0.4) is 0 Å². The van der Waals surface area contributed by atoms with Crippen molar-refractivity contribution < 1.29 is 19.8 Å². The van der Waals surface area contributed by atoms with Crippen molar-refractivity contribution in [1.82, 2.24) is 0 Å². The van der Waals surface area contributed by atoms with Crippen LogP contribution in [0.4, 0.5) is 0 Å². The maximum atomic E-state index is 11.5. The minimum atomic E-state index is -2.07. The normalized spacial score (nSPS) is 13.1. The van der Waals surface area contributed by atoms with Crippen LogP contribution in [-0.2, 0) is 9.59 Å². The zero-order valence-corrected chi connectivity index (χ0v) is 12.9. The second-order valence-corrected chi connectivity index (χ2v) is 7.22. The number of carbonyl (C=O) groups excluding carboxylic acids is 2. The van der Waals surface area contributed by atoms with E-state index >= 15 is 0 Å². The van der Waals surface area contributed by atoms with Crippen molar-refractivity contribution in [3.63, 3.8) is 0 Å². The summed E-state index contributed by atoms with van der Waals surface area (Å²) < 4.78 is -2.07. The number of carboxylic acid groups (broad SMARTS) is 2. The van der Waals surface area contributed by atoms with Gasteiger partial charge in [0.2, 0.25) is 0 Å². The fourth-order valence-electron chi connectivity index (χ4n) is 2.27. The third kappa shape index (κ3) is 3.57. The fraction of sp³-hybridized carbons (Fsp3) is 0.833. The topological polar surface area (TPSA) is 80.3 Å². The summed E-state index contributed by atoms with van der Waals surface area (Å²) in [6.45, 7) is 7.24. The molecule has 0 aliphatic carbocycles. The van der Waals surface area contributed by atoms with Crippen LogP contribution in [0.15, 0.2) is 0 Å². The molecule has 0 saturated heterocycles. The lowest BCUT2D eigenvalue weighted by Gasteiger charge is -2.48. The maximum Gasteiger partial charge on any atom is 0.106 e. The van der Waals surface area contributed by atoms with Crippen molar-refractivity contribution in [1.29, 1.82) is 0 Å². The van der Waals surface area contributed by atoms with E-state index in [9.17, 15) is 19.8 Å². The van der Waals surface area contributed by atoms with Crippen molar-refractivity contribution in [2.75, 3.05) is 0 Å². The summed E-state index contributed by atoms with van der Waals surface area (Å²) in [6.07, 6.45) is 0.239. The van der Waals surface area contributed by atoms with Gasteiger partial charge in [-0.25, -0.2) is 0 Å². The predicted molar refractivity (Wildman–Crippen MR) is 72.1 cm³/mol. The lowest BCUT2D eigenvalue weighted by atomic mass is 9.71. The molecule has 0 aliphatic heterocycles. The van der Waals surface area contributed by atoms with Crippen LogP contribution in [0, 0.1) is 17.3 Å². The van der Waals surface area contributed by atoms with Crippen molar-refractivity contribution >= 4 is 37.2 Å². The molecule has 0 unspecified atom stereocenters. The Balaban J connectivity index is 5.75. The van der Waals surface area contributed by atoms with Crippen LogP contribution in [0.5, 0.6) is 0 Å². The molecule has 0 saturated carbocycles. The molecule has 0 spiro atoms. The lowest BCUT2D eigenvalue weighted by Crippen LogP contribution is -2.60. The second kappa shape index (κ2) is 6.19. The Bertz CT molecular complexity index is 314. The van der Waals surface area contributed by atoms with E-state index in [-0.39, 0.29) is 24.7 Å². The van der Waals surface area contributed by atoms with Gasteiger partial charge < -0.3 is 19.8 Å². The second-order valence-electron chi connectivity index (χ2n) is 5.53. The van der Waals surface area contributed by atoms with Gasteiger partial charge >= 0.3 is 0 Å². The molecule has 0 N–H and O–H groups in total. The molecule has 0 fully saturated rings. The first kappa shape index (κ1) is 17.6. The Hall–Kier alpha value is -0.360. The van der Waals surface area contributed by atoms with E-state index in [0.717, 1.165) is 0 Å².